The van der Waals surface area contributed by atoms with Gasteiger partial charge in [0.15, 0.2) is 0 Å². The number of piperidine rings is 1. The average Bonchev–Trinajstić information content (AvgIpc) is 2.89. The number of methoxy groups -OCH3 is 1. The standard InChI is InChI=1S/C20H25FN2O3/c1-12-14-10-13(21)4-5-15(14)22(2)18(12)19(25)23-8-6-20(7-9-23)16(24)11-17(20)26-3/h4-5,10,16-17,24H,6-9,11H2,1-3H3. The molecule has 140 valence electrons. The van der Waals surface area contributed by atoms with Gasteiger partial charge in [-0.25, -0.2) is 4.39 Å². The van der Waals surface area contributed by atoms with Crippen LogP contribution in [0.5, 0.6) is 0 Å². The Bertz CT molecular complexity index is 868. The lowest BCUT2D eigenvalue weighted by molar-refractivity contribution is -0.199. The van der Waals surface area contributed by atoms with Crippen LogP contribution in [0, 0.1) is 18.2 Å². The molecular formula is C20H25FN2O3. The summed E-state index contributed by atoms with van der Waals surface area (Å²) in [6.45, 7) is 3.08. The first kappa shape index (κ1) is 17.5. The Morgan fingerprint density at radius 2 is 2.04 bits per heavy atom. The van der Waals surface area contributed by atoms with E-state index in [2.05, 4.69) is 0 Å². The molecule has 1 aliphatic heterocycles. The van der Waals surface area contributed by atoms with Crippen LogP contribution in [0.2, 0.25) is 0 Å². The number of benzene rings is 1. The molecule has 1 aromatic heterocycles. The summed E-state index contributed by atoms with van der Waals surface area (Å²) in [6.07, 6.45) is 1.91. The number of rotatable bonds is 2. The highest BCUT2D eigenvalue weighted by molar-refractivity contribution is 6.01. The molecule has 2 aromatic rings. The zero-order valence-electron chi connectivity index (χ0n) is 15.5. The summed E-state index contributed by atoms with van der Waals surface area (Å²) in [5, 5.41) is 11.0. The van der Waals surface area contributed by atoms with Crippen molar-refractivity contribution in [3.05, 3.63) is 35.3 Å². The smallest absolute Gasteiger partial charge is 0.270 e. The van der Waals surface area contributed by atoms with Gasteiger partial charge in [-0.05, 0) is 43.5 Å². The lowest BCUT2D eigenvalue weighted by atomic mass is 9.58. The van der Waals surface area contributed by atoms with Gasteiger partial charge in [0.2, 0.25) is 0 Å². The fourth-order valence-corrected chi connectivity index (χ4v) is 4.89. The predicted molar refractivity (Wildman–Crippen MR) is 96.6 cm³/mol. The molecule has 2 aliphatic rings. The average molecular weight is 360 g/mol. The summed E-state index contributed by atoms with van der Waals surface area (Å²) in [5.41, 5.74) is 2.07. The third kappa shape index (κ3) is 2.32. The summed E-state index contributed by atoms with van der Waals surface area (Å²) in [6, 6.07) is 4.62. The van der Waals surface area contributed by atoms with Crippen LogP contribution in [0.15, 0.2) is 18.2 Å². The number of ether oxygens (including phenoxy) is 1. The Balaban J connectivity index is 1.59. The number of carbonyl (C=O) groups is 1. The van der Waals surface area contributed by atoms with Crippen molar-refractivity contribution in [1.29, 1.82) is 0 Å². The van der Waals surface area contributed by atoms with Gasteiger partial charge in [-0.1, -0.05) is 0 Å². The van der Waals surface area contributed by atoms with Crippen molar-refractivity contribution < 1.29 is 19.0 Å². The Labute approximate surface area is 152 Å². The molecule has 2 atom stereocenters. The van der Waals surface area contributed by atoms with E-state index < -0.39 is 0 Å². The van der Waals surface area contributed by atoms with Crippen LogP contribution < -0.4 is 0 Å². The normalized spacial score (nSPS) is 24.9. The number of halogens is 1. The number of aliphatic hydroxyl groups is 1. The topological polar surface area (TPSA) is 54.7 Å². The summed E-state index contributed by atoms with van der Waals surface area (Å²) in [7, 11) is 3.54. The monoisotopic (exact) mass is 360 g/mol. The van der Waals surface area contributed by atoms with Crippen LogP contribution in [-0.2, 0) is 11.8 Å². The lowest BCUT2D eigenvalue weighted by Gasteiger charge is -2.56. The van der Waals surface area contributed by atoms with Gasteiger partial charge in [0.25, 0.3) is 5.91 Å². The minimum absolute atomic E-state index is 0.0285. The third-order valence-electron chi connectivity index (χ3n) is 6.63. The van der Waals surface area contributed by atoms with E-state index in [-0.39, 0.29) is 29.3 Å². The van der Waals surface area contributed by atoms with Crippen molar-refractivity contribution >= 4 is 16.8 Å². The summed E-state index contributed by atoms with van der Waals surface area (Å²) in [4.78, 5) is 15.0. The first-order chi connectivity index (χ1) is 12.4. The molecule has 1 saturated carbocycles. The van der Waals surface area contributed by atoms with Crippen LogP contribution in [0.3, 0.4) is 0 Å². The largest absolute Gasteiger partial charge is 0.392 e. The summed E-state index contributed by atoms with van der Waals surface area (Å²) in [5.74, 6) is -0.325. The van der Waals surface area contributed by atoms with E-state index in [1.807, 2.05) is 23.4 Å². The fraction of sp³-hybridized carbons (Fsp3) is 0.550. The van der Waals surface area contributed by atoms with Crippen LogP contribution >= 0.6 is 0 Å². The highest BCUT2D eigenvalue weighted by Crippen LogP contribution is 2.50. The van der Waals surface area contributed by atoms with E-state index in [1.54, 1.807) is 13.2 Å². The quantitative estimate of drug-likeness (QED) is 0.896. The highest BCUT2D eigenvalue weighted by Gasteiger charge is 2.56. The molecule has 4 rings (SSSR count). The molecule has 2 heterocycles. The molecule has 1 N–H and O–H groups in total. The summed E-state index contributed by atoms with van der Waals surface area (Å²) >= 11 is 0. The molecule has 0 radical (unpaired) electrons. The predicted octanol–water partition coefficient (Wildman–Crippen LogP) is 2.63. The number of aliphatic hydroxyl groups excluding tert-OH is 1. The van der Waals surface area contributed by atoms with Crippen molar-refractivity contribution in [2.24, 2.45) is 12.5 Å². The van der Waals surface area contributed by atoms with Crippen molar-refractivity contribution in [2.75, 3.05) is 20.2 Å². The lowest BCUT2D eigenvalue weighted by Crippen LogP contribution is -2.62. The minimum atomic E-state index is -0.341. The SMILES string of the molecule is COC1CC(O)C12CCN(C(=O)c1c(C)c3cc(F)ccc3n1C)CC2. The maximum Gasteiger partial charge on any atom is 0.270 e. The van der Waals surface area contributed by atoms with Gasteiger partial charge in [-0.15, -0.1) is 0 Å². The number of likely N-dealkylation sites (tertiary alicyclic amines) is 1. The van der Waals surface area contributed by atoms with Crippen molar-refractivity contribution in [3.8, 4) is 0 Å². The van der Waals surface area contributed by atoms with E-state index in [4.69, 9.17) is 4.74 Å². The Hall–Kier alpha value is -1.92. The maximum atomic E-state index is 13.6. The van der Waals surface area contributed by atoms with Crippen molar-refractivity contribution in [3.63, 3.8) is 0 Å². The molecule has 1 aliphatic carbocycles. The van der Waals surface area contributed by atoms with Gasteiger partial charge < -0.3 is 19.3 Å². The molecule has 26 heavy (non-hydrogen) atoms. The molecule has 1 saturated heterocycles. The van der Waals surface area contributed by atoms with Crippen molar-refractivity contribution in [1.82, 2.24) is 9.47 Å². The highest BCUT2D eigenvalue weighted by atomic mass is 19.1. The molecule has 2 fully saturated rings. The number of fused-ring (bicyclic) bond motifs is 1. The van der Waals surface area contributed by atoms with Gasteiger partial charge in [0.05, 0.1) is 12.2 Å². The Morgan fingerprint density at radius 3 is 2.65 bits per heavy atom. The molecule has 0 bridgehead atoms. The second kappa shape index (κ2) is 6.06. The van der Waals surface area contributed by atoms with Gasteiger partial charge >= 0.3 is 0 Å². The van der Waals surface area contributed by atoms with Crippen molar-refractivity contribution in [2.45, 2.75) is 38.4 Å². The van der Waals surface area contributed by atoms with E-state index in [0.717, 1.165) is 29.3 Å². The third-order valence-corrected chi connectivity index (χ3v) is 6.63. The molecule has 6 heteroatoms. The van der Waals surface area contributed by atoms with Crippen LogP contribution in [-0.4, -0.2) is 52.9 Å². The molecule has 1 amide bonds. The molecule has 5 nitrogen and oxygen atoms in total. The van der Waals surface area contributed by atoms with E-state index in [0.29, 0.717) is 25.2 Å². The van der Waals surface area contributed by atoms with Crippen LogP contribution in [0.25, 0.3) is 10.9 Å². The van der Waals surface area contributed by atoms with Crippen LogP contribution in [0.4, 0.5) is 4.39 Å². The number of hydrogen-bond donors (Lipinski definition) is 1. The number of aryl methyl sites for hydroxylation is 2. The molecule has 1 spiro atoms. The summed E-state index contributed by atoms with van der Waals surface area (Å²) < 4.78 is 21.0. The molecule has 2 unspecified atom stereocenters. The number of amides is 1. The zero-order valence-corrected chi connectivity index (χ0v) is 15.5. The van der Waals surface area contributed by atoms with E-state index in [1.165, 1.54) is 12.1 Å². The number of hydrogen-bond acceptors (Lipinski definition) is 3. The number of aromatic nitrogens is 1. The van der Waals surface area contributed by atoms with Gasteiger partial charge in [-0.2, -0.15) is 0 Å². The second-order valence-corrected chi connectivity index (χ2v) is 7.70. The van der Waals surface area contributed by atoms with Gasteiger partial charge in [0, 0.05) is 50.0 Å². The number of nitrogens with zero attached hydrogens (tertiary/aromatic N) is 2. The zero-order chi connectivity index (χ0) is 18.6. The Kier molecular flexibility index (Phi) is 4.08. The minimum Gasteiger partial charge on any atom is -0.392 e. The van der Waals surface area contributed by atoms with E-state index in [9.17, 15) is 14.3 Å². The molecular weight excluding hydrogens is 335 g/mol. The number of carbonyl (C=O) groups excluding carboxylic acids is 1. The second-order valence-electron chi connectivity index (χ2n) is 7.70. The van der Waals surface area contributed by atoms with E-state index >= 15 is 0 Å². The maximum absolute atomic E-state index is 13.6. The van der Waals surface area contributed by atoms with Crippen LogP contribution in [0.1, 0.15) is 35.3 Å². The first-order valence-corrected chi connectivity index (χ1v) is 9.13. The first-order valence-electron chi connectivity index (χ1n) is 9.13. The fourth-order valence-electron chi connectivity index (χ4n) is 4.89. The molecule has 1 aromatic carbocycles. The van der Waals surface area contributed by atoms with Gasteiger partial charge in [-0.3, -0.25) is 4.79 Å². The van der Waals surface area contributed by atoms with Gasteiger partial charge in [0.1, 0.15) is 11.5 Å². The Morgan fingerprint density at radius 1 is 1.35 bits per heavy atom.